The van der Waals surface area contributed by atoms with Crippen molar-refractivity contribution in [1.82, 2.24) is 9.88 Å². The number of ether oxygens (including phenoxy) is 1. The first kappa shape index (κ1) is 17.7. The molecule has 0 aliphatic carbocycles. The van der Waals surface area contributed by atoms with Gasteiger partial charge in [0.25, 0.3) is 5.09 Å². The third-order valence-corrected chi connectivity index (χ3v) is 5.99. The summed E-state index contributed by atoms with van der Waals surface area (Å²) in [5.74, 6) is 1.63. The van der Waals surface area contributed by atoms with Crippen molar-refractivity contribution in [1.29, 1.82) is 0 Å². The van der Waals surface area contributed by atoms with Gasteiger partial charge in [-0.1, -0.05) is 6.08 Å². The van der Waals surface area contributed by atoms with Gasteiger partial charge in [-0.15, -0.1) is 16.7 Å². The molecule has 1 aromatic heterocycles. The lowest BCUT2D eigenvalue weighted by Crippen LogP contribution is -2.55. The minimum atomic E-state index is -0.675. The molecule has 2 bridgehead atoms. The van der Waals surface area contributed by atoms with Gasteiger partial charge in [-0.3, -0.25) is 9.88 Å². The topological polar surface area (TPSA) is 77.7 Å². The van der Waals surface area contributed by atoms with Crippen LogP contribution in [0.5, 0.6) is 5.75 Å². The summed E-state index contributed by atoms with van der Waals surface area (Å²) in [6.07, 6.45) is 5.00. The maximum Gasteiger partial charge on any atom is 0.295 e. The summed E-state index contributed by atoms with van der Waals surface area (Å²) in [5.41, 5.74) is 1.55. The molecule has 5 unspecified atom stereocenters. The molecule has 5 atom stereocenters. The monoisotopic (exact) mass is 369 g/mol. The molecule has 0 amide bonds. The molecule has 7 nitrogen and oxygen atoms in total. The lowest BCUT2D eigenvalue weighted by molar-refractivity contribution is -0.772. The van der Waals surface area contributed by atoms with Crippen molar-refractivity contribution < 1.29 is 14.7 Å². The van der Waals surface area contributed by atoms with Crippen LogP contribution in [-0.4, -0.2) is 41.2 Å². The van der Waals surface area contributed by atoms with Gasteiger partial charge in [0.05, 0.1) is 12.6 Å². The number of pyridine rings is 1. The van der Waals surface area contributed by atoms with E-state index in [1.165, 1.54) is 0 Å². The maximum absolute atomic E-state index is 11.3. The lowest BCUT2D eigenvalue weighted by Gasteiger charge is -2.51. The molecule has 0 spiro atoms. The van der Waals surface area contributed by atoms with E-state index in [2.05, 4.69) is 16.5 Å². The minimum absolute atomic E-state index is 0.0397. The number of hydrogen-bond donors (Lipinski definition) is 0. The first-order valence-electron chi connectivity index (χ1n) is 9.21. The molecule has 2 aromatic rings. The Morgan fingerprint density at radius 3 is 2.96 bits per heavy atom. The van der Waals surface area contributed by atoms with Gasteiger partial charge in [-0.05, 0) is 61.1 Å². The summed E-state index contributed by atoms with van der Waals surface area (Å²) < 4.78 is 5.34. The molecule has 7 heteroatoms. The van der Waals surface area contributed by atoms with E-state index >= 15 is 0 Å². The van der Waals surface area contributed by atoms with Crippen LogP contribution in [0.25, 0.3) is 10.9 Å². The van der Waals surface area contributed by atoms with E-state index in [-0.39, 0.29) is 6.04 Å². The zero-order chi connectivity index (χ0) is 19.0. The Kier molecular flexibility index (Phi) is 4.70. The predicted octanol–water partition coefficient (Wildman–Crippen LogP) is 3.39. The zero-order valence-corrected chi connectivity index (χ0v) is 15.3. The van der Waals surface area contributed by atoms with Gasteiger partial charge in [-0.25, -0.2) is 0 Å². The second-order valence-electron chi connectivity index (χ2n) is 7.28. The van der Waals surface area contributed by atoms with Gasteiger partial charge in [0.15, 0.2) is 0 Å². The molecule has 27 heavy (non-hydrogen) atoms. The standard InChI is InChI=1S/C20H23N3O4/c1-3-13-12-22-9-7-14(13)10-19(22)20(27-23(24)25)16-6-8-21-18-5-4-15(26-2)11-17(16)18/h3-6,8,11,13-14,19-20H,1,7,9-10,12H2,2H3. The van der Waals surface area contributed by atoms with Crippen LogP contribution in [-0.2, 0) is 4.84 Å². The number of nitrogens with zero attached hydrogens (tertiary/aromatic N) is 3. The number of aromatic nitrogens is 1. The molecule has 3 aliphatic rings. The van der Waals surface area contributed by atoms with Crippen LogP contribution >= 0.6 is 0 Å². The Morgan fingerprint density at radius 1 is 1.44 bits per heavy atom. The third-order valence-electron chi connectivity index (χ3n) is 5.99. The van der Waals surface area contributed by atoms with Crippen LogP contribution in [0.15, 0.2) is 43.1 Å². The van der Waals surface area contributed by atoms with Gasteiger partial charge in [0.1, 0.15) is 11.9 Å². The number of rotatable bonds is 6. The minimum Gasteiger partial charge on any atom is -0.497 e. The maximum atomic E-state index is 11.3. The molecule has 4 heterocycles. The molecule has 0 N–H and O–H groups in total. The van der Waals surface area contributed by atoms with Crippen LogP contribution in [0, 0.1) is 22.0 Å². The number of piperidine rings is 3. The van der Waals surface area contributed by atoms with Crippen LogP contribution in [0.3, 0.4) is 0 Å². The van der Waals surface area contributed by atoms with Crippen LogP contribution < -0.4 is 4.74 Å². The van der Waals surface area contributed by atoms with Gasteiger partial charge < -0.3 is 9.57 Å². The summed E-state index contributed by atoms with van der Waals surface area (Å²) in [6.45, 7) is 5.76. The van der Waals surface area contributed by atoms with Crippen molar-refractivity contribution in [2.75, 3.05) is 20.2 Å². The smallest absolute Gasteiger partial charge is 0.295 e. The molecular formula is C20H23N3O4. The Morgan fingerprint density at radius 2 is 2.30 bits per heavy atom. The van der Waals surface area contributed by atoms with E-state index in [1.54, 1.807) is 13.3 Å². The van der Waals surface area contributed by atoms with Crippen molar-refractivity contribution >= 4 is 10.9 Å². The summed E-state index contributed by atoms with van der Waals surface area (Å²) in [7, 11) is 1.60. The second kappa shape index (κ2) is 7.15. The van der Waals surface area contributed by atoms with Crippen molar-refractivity contribution in [3.8, 4) is 5.75 Å². The second-order valence-corrected chi connectivity index (χ2v) is 7.28. The predicted molar refractivity (Wildman–Crippen MR) is 101 cm³/mol. The summed E-state index contributed by atoms with van der Waals surface area (Å²) in [4.78, 5) is 23.3. The fraction of sp³-hybridized carbons (Fsp3) is 0.450. The third kappa shape index (κ3) is 3.23. The van der Waals surface area contributed by atoms with Gasteiger partial charge in [-0.2, -0.15) is 0 Å². The molecule has 5 rings (SSSR count). The van der Waals surface area contributed by atoms with E-state index in [0.29, 0.717) is 17.6 Å². The van der Waals surface area contributed by atoms with Gasteiger partial charge >= 0.3 is 0 Å². The zero-order valence-electron chi connectivity index (χ0n) is 15.3. The Labute approximate surface area is 157 Å². The summed E-state index contributed by atoms with van der Waals surface area (Å²) in [5, 5.41) is 11.5. The van der Waals surface area contributed by atoms with E-state index < -0.39 is 11.2 Å². The SMILES string of the molecule is C=CC1CN2CCC1CC2C(O[N+](=O)[O-])c1ccnc2ccc(OC)cc12. The van der Waals surface area contributed by atoms with Crippen molar-refractivity contribution in [3.05, 3.63) is 58.8 Å². The number of benzene rings is 1. The highest BCUT2D eigenvalue weighted by Crippen LogP contribution is 2.43. The Bertz CT molecular complexity index is 871. The van der Waals surface area contributed by atoms with E-state index in [9.17, 15) is 10.1 Å². The molecule has 3 aliphatic heterocycles. The molecule has 142 valence electrons. The first-order chi connectivity index (χ1) is 13.1. The van der Waals surface area contributed by atoms with Crippen molar-refractivity contribution in [2.45, 2.75) is 25.0 Å². The molecule has 0 radical (unpaired) electrons. The molecule has 3 saturated heterocycles. The highest BCUT2D eigenvalue weighted by Gasteiger charge is 2.44. The summed E-state index contributed by atoms with van der Waals surface area (Å²) in [6, 6.07) is 7.36. The number of hydrogen-bond acceptors (Lipinski definition) is 6. The van der Waals surface area contributed by atoms with Crippen molar-refractivity contribution in [3.63, 3.8) is 0 Å². The van der Waals surface area contributed by atoms with Gasteiger partial charge in [0, 0.05) is 24.2 Å². The Balaban J connectivity index is 1.76. The summed E-state index contributed by atoms with van der Waals surface area (Å²) >= 11 is 0. The van der Waals surface area contributed by atoms with Crippen molar-refractivity contribution in [2.24, 2.45) is 11.8 Å². The Hall–Kier alpha value is -2.67. The van der Waals surface area contributed by atoms with E-state index in [1.807, 2.05) is 30.3 Å². The lowest BCUT2D eigenvalue weighted by atomic mass is 9.73. The number of fused-ring (bicyclic) bond motifs is 4. The highest BCUT2D eigenvalue weighted by atomic mass is 17.0. The molecule has 3 fully saturated rings. The van der Waals surface area contributed by atoms with Gasteiger partial charge in [0.2, 0.25) is 0 Å². The van der Waals surface area contributed by atoms with E-state index in [4.69, 9.17) is 9.57 Å². The van der Waals surface area contributed by atoms with E-state index in [0.717, 1.165) is 42.4 Å². The fourth-order valence-corrected chi connectivity index (χ4v) is 4.64. The quantitative estimate of drug-likeness (QED) is 0.441. The fourth-order valence-electron chi connectivity index (χ4n) is 4.64. The molecular weight excluding hydrogens is 346 g/mol. The normalized spacial score (nSPS) is 27.9. The average Bonchev–Trinajstić information content (AvgIpc) is 2.71. The van der Waals surface area contributed by atoms with Crippen LogP contribution in [0.2, 0.25) is 0 Å². The number of methoxy groups -OCH3 is 1. The van der Waals surface area contributed by atoms with Crippen LogP contribution in [0.4, 0.5) is 0 Å². The average molecular weight is 369 g/mol. The van der Waals surface area contributed by atoms with Crippen LogP contribution in [0.1, 0.15) is 24.5 Å². The molecule has 0 saturated carbocycles. The highest BCUT2D eigenvalue weighted by molar-refractivity contribution is 5.84. The largest absolute Gasteiger partial charge is 0.497 e. The first-order valence-corrected chi connectivity index (χ1v) is 9.21. The molecule has 1 aromatic carbocycles.